The van der Waals surface area contributed by atoms with E-state index in [4.69, 9.17) is 23.7 Å². The van der Waals surface area contributed by atoms with E-state index >= 15 is 0 Å². The van der Waals surface area contributed by atoms with Gasteiger partial charge in [0, 0.05) is 32.6 Å². The standard InChI is InChI=1S/C28H37NO7/c1-5-25-19(2)26(34-20(3)30)27(35-21(4)31)28(36-25)32-17-9-7-10-22-12-14-24(15-13-22)33-18-23-11-6-8-16-29-23/h6,8,11-16,19,25-28H,5,7,9-10,17-18H2,1-4H3/t19-,25-,26+,27-,28-/m1/s1. The number of ether oxygens (including phenoxy) is 5. The van der Waals surface area contributed by atoms with Crippen molar-refractivity contribution in [2.24, 2.45) is 5.92 Å². The smallest absolute Gasteiger partial charge is 0.303 e. The number of hydrogen-bond acceptors (Lipinski definition) is 8. The number of aryl methyl sites for hydroxylation is 1. The van der Waals surface area contributed by atoms with E-state index in [2.05, 4.69) is 17.1 Å². The third-order valence-electron chi connectivity index (χ3n) is 6.19. The fraction of sp³-hybridized carbons (Fsp3) is 0.536. The SMILES string of the molecule is CC[C@H]1O[C@@H](OCCCCc2ccc(OCc3ccccn3)cc2)[C@H](OC(C)=O)[C@@H](OC(C)=O)[C@@H]1C. The van der Waals surface area contributed by atoms with Gasteiger partial charge in [-0.05, 0) is 55.5 Å². The maximum absolute atomic E-state index is 11.7. The highest BCUT2D eigenvalue weighted by Crippen LogP contribution is 2.32. The van der Waals surface area contributed by atoms with Gasteiger partial charge in [0.05, 0.1) is 11.8 Å². The molecular formula is C28H37NO7. The summed E-state index contributed by atoms with van der Waals surface area (Å²) in [5.41, 5.74) is 2.10. The molecule has 36 heavy (non-hydrogen) atoms. The van der Waals surface area contributed by atoms with Crippen molar-refractivity contribution >= 4 is 11.9 Å². The van der Waals surface area contributed by atoms with E-state index in [0.29, 0.717) is 13.2 Å². The lowest BCUT2D eigenvalue weighted by atomic mass is 9.89. The van der Waals surface area contributed by atoms with Gasteiger partial charge >= 0.3 is 11.9 Å². The summed E-state index contributed by atoms with van der Waals surface area (Å²) in [6.07, 6.45) is 2.73. The summed E-state index contributed by atoms with van der Waals surface area (Å²) in [6, 6.07) is 13.8. The van der Waals surface area contributed by atoms with Gasteiger partial charge in [0.1, 0.15) is 18.5 Å². The van der Waals surface area contributed by atoms with Gasteiger partial charge in [0.15, 0.2) is 12.4 Å². The van der Waals surface area contributed by atoms with Crippen molar-refractivity contribution in [2.45, 2.75) is 84.6 Å². The van der Waals surface area contributed by atoms with Crippen LogP contribution in [0.2, 0.25) is 0 Å². The van der Waals surface area contributed by atoms with Crippen LogP contribution in [0.4, 0.5) is 0 Å². The normalized spacial score (nSPS) is 23.6. The second-order valence-corrected chi connectivity index (χ2v) is 9.04. The molecule has 2 heterocycles. The molecule has 1 fully saturated rings. The molecule has 1 aromatic carbocycles. The Hall–Kier alpha value is -2.97. The first-order valence-corrected chi connectivity index (χ1v) is 12.6. The molecule has 0 spiro atoms. The van der Waals surface area contributed by atoms with Crippen LogP contribution in [0.25, 0.3) is 0 Å². The molecule has 1 saturated heterocycles. The van der Waals surface area contributed by atoms with Gasteiger partial charge in [-0.25, -0.2) is 0 Å². The van der Waals surface area contributed by atoms with Gasteiger partial charge in [0.25, 0.3) is 0 Å². The highest BCUT2D eigenvalue weighted by atomic mass is 16.7. The number of esters is 2. The number of rotatable bonds is 12. The number of carbonyl (C=O) groups is 2. The van der Waals surface area contributed by atoms with Crippen molar-refractivity contribution in [1.29, 1.82) is 0 Å². The minimum Gasteiger partial charge on any atom is -0.487 e. The summed E-state index contributed by atoms with van der Waals surface area (Å²) in [5.74, 6) is -0.212. The van der Waals surface area contributed by atoms with E-state index in [1.165, 1.54) is 19.4 Å². The van der Waals surface area contributed by atoms with E-state index in [0.717, 1.165) is 37.1 Å². The molecule has 1 aliphatic heterocycles. The van der Waals surface area contributed by atoms with Crippen molar-refractivity contribution in [3.8, 4) is 5.75 Å². The van der Waals surface area contributed by atoms with Crippen LogP contribution in [-0.4, -0.2) is 48.1 Å². The number of carbonyl (C=O) groups excluding carboxylic acids is 2. The Morgan fingerprint density at radius 3 is 2.33 bits per heavy atom. The van der Waals surface area contributed by atoms with Gasteiger partial charge in [-0.1, -0.05) is 32.0 Å². The zero-order chi connectivity index (χ0) is 25.9. The Balaban J connectivity index is 1.46. The Bertz CT molecular complexity index is 950. The summed E-state index contributed by atoms with van der Waals surface area (Å²) in [7, 11) is 0. The molecule has 8 nitrogen and oxygen atoms in total. The average Bonchev–Trinajstić information content (AvgIpc) is 2.86. The minimum absolute atomic E-state index is 0.126. The first kappa shape index (κ1) is 27.6. The average molecular weight is 500 g/mol. The van der Waals surface area contributed by atoms with E-state index < -0.39 is 30.4 Å². The quantitative estimate of drug-likeness (QED) is 0.308. The van der Waals surface area contributed by atoms with Crippen molar-refractivity contribution in [3.63, 3.8) is 0 Å². The molecule has 0 unspecified atom stereocenters. The lowest BCUT2D eigenvalue weighted by Gasteiger charge is -2.43. The maximum atomic E-state index is 11.7. The van der Waals surface area contributed by atoms with Crippen LogP contribution < -0.4 is 4.74 Å². The summed E-state index contributed by atoms with van der Waals surface area (Å²) in [5, 5.41) is 0. The summed E-state index contributed by atoms with van der Waals surface area (Å²) >= 11 is 0. The Morgan fingerprint density at radius 1 is 0.972 bits per heavy atom. The highest BCUT2D eigenvalue weighted by Gasteiger charge is 2.47. The molecule has 0 radical (unpaired) electrons. The summed E-state index contributed by atoms with van der Waals surface area (Å²) in [4.78, 5) is 27.7. The molecule has 196 valence electrons. The van der Waals surface area contributed by atoms with Gasteiger partial charge in [-0.2, -0.15) is 0 Å². The summed E-state index contributed by atoms with van der Waals surface area (Å²) in [6.45, 7) is 7.49. The molecule has 0 bridgehead atoms. The molecule has 0 amide bonds. The minimum atomic E-state index is -0.803. The highest BCUT2D eigenvalue weighted by molar-refractivity contribution is 5.67. The summed E-state index contributed by atoms with van der Waals surface area (Å²) < 4.78 is 28.9. The Morgan fingerprint density at radius 2 is 1.69 bits per heavy atom. The van der Waals surface area contributed by atoms with Crippen LogP contribution in [0.15, 0.2) is 48.7 Å². The molecule has 0 saturated carbocycles. The monoisotopic (exact) mass is 499 g/mol. The van der Waals surface area contributed by atoms with Crippen LogP contribution in [0.3, 0.4) is 0 Å². The van der Waals surface area contributed by atoms with Crippen LogP contribution in [0.1, 0.15) is 58.2 Å². The molecule has 3 rings (SSSR count). The van der Waals surface area contributed by atoms with Crippen molar-refractivity contribution in [2.75, 3.05) is 6.61 Å². The first-order valence-electron chi connectivity index (χ1n) is 12.6. The number of aromatic nitrogens is 1. The second kappa shape index (κ2) is 13.9. The number of unbranched alkanes of at least 4 members (excludes halogenated alkanes) is 1. The predicted octanol–water partition coefficient (Wildman–Crippen LogP) is 4.63. The van der Waals surface area contributed by atoms with Gasteiger partial charge in [-0.15, -0.1) is 0 Å². The van der Waals surface area contributed by atoms with Crippen molar-refractivity contribution in [3.05, 3.63) is 59.9 Å². The van der Waals surface area contributed by atoms with Crippen LogP contribution >= 0.6 is 0 Å². The fourth-order valence-electron chi connectivity index (χ4n) is 4.35. The number of hydrogen-bond donors (Lipinski definition) is 0. The topological polar surface area (TPSA) is 93.2 Å². The van der Waals surface area contributed by atoms with E-state index in [1.54, 1.807) is 6.20 Å². The van der Waals surface area contributed by atoms with Crippen molar-refractivity contribution < 1.29 is 33.3 Å². The van der Waals surface area contributed by atoms with Crippen molar-refractivity contribution in [1.82, 2.24) is 4.98 Å². The first-order chi connectivity index (χ1) is 17.4. The zero-order valence-corrected chi connectivity index (χ0v) is 21.6. The number of benzene rings is 1. The van der Waals surface area contributed by atoms with Crippen LogP contribution in [0, 0.1) is 5.92 Å². The Labute approximate surface area is 213 Å². The van der Waals surface area contributed by atoms with E-state index in [1.807, 2.05) is 44.2 Å². The van der Waals surface area contributed by atoms with Crippen LogP contribution in [-0.2, 0) is 41.6 Å². The molecule has 0 N–H and O–H groups in total. The zero-order valence-electron chi connectivity index (χ0n) is 21.6. The molecule has 5 atom stereocenters. The maximum Gasteiger partial charge on any atom is 0.303 e. The molecular weight excluding hydrogens is 462 g/mol. The largest absolute Gasteiger partial charge is 0.487 e. The third-order valence-corrected chi connectivity index (χ3v) is 6.19. The third kappa shape index (κ3) is 8.31. The fourth-order valence-corrected chi connectivity index (χ4v) is 4.35. The molecule has 1 aliphatic rings. The number of nitrogens with zero attached hydrogens (tertiary/aromatic N) is 1. The number of pyridine rings is 1. The molecule has 0 aliphatic carbocycles. The van der Waals surface area contributed by atoms with E-state index in [9.17, 15) is 9.59 Å². The second-order valence-electron chi connectivity index (χ2n) is 9.04. The van der Waals surface area contributed by atoms with Gasteiger partial charge in [-0.3, -0.25) is 14.6 Å². The molecule has 8 heteroatoms. The lowest BCUT2D eigenvalue weighted by Crippen LogP contribution is -2.57. The van der Waals surface area contributed by atoms with E-state index in [-0.39, 0.29) is 12.0 Å². The van der Waals surface area contributed by atoms with Crippen LogP contribution in [0.5, 0.6) is 5.75 Å². The molecule has 2 aromatic rings. The Kier molecular flexibility index (Phi) is 10.7. The predicted molar refractivity (Wildman–Crippen MR) is 133 cm³/mol. The van der Waals surface area contributed by atoms with Gasteiger partial charge < -0.3 is 23.7 Å². The van der Waals surface area contributed by atoms with Gasteiger partial charge in [0.2, 0.25) is 0 Å². The lowest BCUT2D eigenvalue weighted by molar-refractivity contribution is -0.290. The molecule has 1 aromatic heterocycles.